The van der Waals surface area contributed by atoms with Crippen LogP contribution < -0.4 is 14.4 Å². The van der Waals surface area contributed by atoms with Gasteiger partial charge in [-0.3, -0.25) is 4.79 Å². The number of nitrogens with zero attached hydrogens (tertiary/aromatic N) is 1. The number of carboxylic acids is 1. The Morgan fingerprint density at radius 3 is 2.30 bits per heavy atom. The van der Waals surface area contributed by atoms with E-state index in [9.17, 15) is 9.59 Å². The Morgan fingerprint density at radius 1 is 1.04 bits per heavy atom. The third-order valence-electron chi connectivity index (χ3n) is 4.10. The van der Waals surface area contributed by atoms with Gasteiger partial charge in [-0.1, -0.05) is 26.0 Å². The maximum atomic E-state index is 12.5. The van der Waals surface area contributed by atoms with E-state index in [4.69, 9.17) is 14.6 Å². The van der Waals surface area contributed by atoms with Crippen molar-refractivity contribution in [3.63, 3.8) is 0 Å². The second kappa shape index (κ2) is 9.07. The van der Waals surface area contributed by atoms with E-state index in [2.05, 4.69) is 13.8 Å². The average Bonchev–Trinajstić information content (AvgIpc) is 2.64. The summed E-state index contributed by atoms with van der Waals surface area (Å²) in [6, 6.07) is 12.6. The zero-order valence-corrected chi connectivity index (χ0v) is 16.1. The van der Waals surface area contributed by atoms with Crippen molar-refractivity contribution in [1.29, 1.82) is 0 Å². The molecule has 2 rings (SSSR count). The number of carboxylic acid groups (broad SMARTS) is 1. The minimum absolute atomic E-state index is 0.0725. The Bertz CT molecular complexity index is 799. The minimum Gasteiger partial charge on any atom is -0.483 e. The standard InChI is InChI=1S/C21H25NO5/c1-14(2)18-10-5-15(3)11-19(18)27-12-20(23)22(4)16-6-8-17(9-7-16)26-13-21(24)25/h5-11,14H,12-13H2,1-4H3,(H,24,25). The fourth-order valence-corrected chi connectivity index (χ4v) is 2.53. The van der Waals surface area contributed by atoms with Crippen LogP contribution in [0.2, 0.25) is 0 Å². The fraction of sp³-hybridized carbons (Fsp3) is 0.333. The lowest BCUT2D eigenvalue weighted by molar-refractivity contribution is -0.139. The van der Waals surface area contributed by atoms with Gasteiger partial charge in [0.25, 0.3) is 5.91 Å². The summed E-state index contributed by atoms with van der Waals surface area (Å²) in [7, 11) is 1.67. The molecule has 0 aromatic heterocycles. The molecule has 0 bridgehead atoms. The normalized spacial score (nSPS) is 10.6. The van der Waals surface area contributed by atoms with Crippen molar-refractivity contribution < 1.29 is 24.2 Å². The van der Waals surface area contributed by atoms with Gasteiger partial charge in [-0.15, -0.1) is 0 Å². The van der Waals surface area contributed by atoms with Gasteiger partial charge >= 0.3 is 5.97 Å². The molecule has 0 aliphatic heterocycles. The summed E-state index contributed by atoms with van der Waals surface area (Å²) in [5.74, 6) is 0.224. The van der Waals surface area contributed by atoms with Crippen LogP contribution in [0.15, 0.2) is 42.5 Å². The zero-order chi connectivity index (χ0) is 20.0. The Kier molecular flexibility index (Phi) is 6.82. The first kappa shape index (κ1) is 20.3. The van der Waals surface area contributed by atoms with Crippen LogP contribution >= 0.6 is 0 Å². The predicted octanol–water partition coefficient (Wildman–Crippen LogP) is 3.62. The minimum atomic E-state index is -1.04. The molecule has 0 aliphatic rings. The van der Waals surface area contributed by atoms with Gasteiger partial charge < -0.3 is 19.5 Å². The molecule has 6 heteroatoms. The molecule has 0 atom stereocenters. The Morgan fingerprint density at radius 2 is 1.70 bits per heavy atom. The van der Waals surface area contributed by atoms with Crippen LogP contribution in [-0.2, 0) is 9.59 Å². The predicted molar refractivity (Wildman–Crippen MR) is 104 cm³/mol. The maximum absolute atomic E-state index is 12.5. The summed E-state index contributed by atoms with van der Waals surface area (Å²) < 4.78 is 10.9. The quantitative estimate of drug-likeness (QED) is 0.767. The first-order valence-electron chi connectivity index (χ1n) is 8.72. The van der Waals surface area contributed by atoms with Crippen molar-refractivity contribution in [1.82, 2.24) is 0 Å². The van der Waals surface area contributed by atoms with Gasteiger partial charge in [0.15, 0.2) is 13.2 Å². The zero-order valence-electron chi connectivity index (χ0n) is 16.1. The number of carbonyl (C=O) groups is 2. The molecule has 0 heterocycles. The molecule has 1 amide bonds. The van der Waals surface area contributed by atoms with Gasteiger partial charge in [-0.05, 0) is 54.3 Å². The number of aryl methyl sites for hydroxylation is 1. The monoisotopic (exact) mass is 371 g/mol. The molecular formula is C21H25NO5. The summed E-state index contributed by atoms with van der Waals surface area (Å²) in [5, 5.41) is 8.62. The first-order chi connectivity index (χ1) is 12.8. The molecule has 0 fully saturated rings. The molecule has 6 nitrogen and oxygen atoms in total. The van der Waals surface area contributed by atoms with E-state index in [1.54, 1.807) is 31.3 Å². The lowest BCUT2D eigenvalue weighted by Gasteiger charge is -2.19. The van der Waals surface area contributed by atoms with E-state index in [1.807, 2.05) is 25.1 Å². The Hall–Kier alpha value is -3.02. The average molecular weight is 371 g/mol. The van der Waals surface area contributed by atoms with Crippen molar-refractivity contribution >= 4 is 17.6 Å². The highest BCUT2D eigenvalue weighted by Crippen LogP contribution is 2.27. The maximum Gasteiger partial charge on any atom is 0.341 e. The molecule has 0 unspecified atom stereocenters. The van der Waals surface area contributed by atoms with Crippen molar-refractivity contribution in [3.05, 3.63) is 53.6 Å². The second-order valence-corrected chi connectivity index (χ2v) is 6.61. The summed E-state index contributed by atoms with van der Waals surface area (Å²) in [6.45, 7) is 5.67. The highest BCUT2D eigenvalue weighted by Gasteiger charge is 2.14. The number of ether oxygens (including phenoxy) is 2. The lowest BCUT2D eigenvalue weighted by Crippen LogP contribution is -2.31. The van der Waals surface area contributed by atoms with E-state index < -0.39 is 12.6 Å². The summed E-state index contributed by atoms with van der Waals surface area (Å²) in [4.78, 5) is 24.5. The number of anilines is 1. The summed E-state index contributed by atoms with van der Waals surface area (Å²) in [6.07, 6.45) is 0. The van der Waals surface area contributed by atoms with E-state index in [1.165, 1.54) is 4.90 Å². The first-order valence-corrected chi connectivity index (χ1v) is 8.72. The van der Waals surface area contributed by atoms with E-state index in [0.717, 1.165) is 16.9 Å². The van der Waals surface area contributed by atoms with Gasteiger partial charge in [0.2, 0.25) is 0 Å². The van der Waals surface area contributed by atoms with Crippen molar-refractivity contribution in [2.75, 3.05) is 25.2 Å². The molecule has 0 saturated heterocycles. The van der Waals surface area contributed by atoms with E-state index in [-0.39, 0.29) is 12.5 Å². The van der Waals surface area contributed by atoms with Gasteiger partial charge in [0.05, 0.1) is 0 Å². The van der Waals surface area contributed by atoms with Crippen LogP contribution in [0.4, 0.5) is 5.69 Å². The summed E-state index contributed by atoms with van der Waals surface area (Å²) >= 11 is 0. The third-order valence-corrected chi connectivity index (χ3v) is 4.10. The number of benzene rings is 2. The number of likely N-dealkylation sites (N-methyl/N-ethyl adjacent to an activating group) is 1. The van der Waals surface area contributed by atoms with Crippen LogP contribution in [0.3, 0.4) is 0 Å². The molecular weight excluding hydrogens is 346 g/mol. The number of aliphatic carboxylic acids is 1. The SMILES string of the molecule is Cc1ccc(C(C)C)c(OCC(=O)N(C)c2ccc(OCC(=O)O)cc2)c1. The van der Waals surface area contributed by atoms with Gasteiger partial charge in [-0.2, -0.15) is 0 Å². The molecule has 2 aromatic rings. The molecule has 2 aromatic carbocycles. The van der Waals surface area contributed by atoms with E-state index in [0.29, 0.717) is 17.4 Å². The molecule has 0 aliphatic carbocycles. The van der Waals surface area contributed by atoms with E-state index >= 15 is 0 Å². The molecule has 0 spiro atoms. The van der Waals surface area contributed by atoms with Crippen molar-refractivity contribution in [3.8, 4) is 11.5 Å². The fourth-order valence-electron chi connectivity index (χ4n) is 2.53. The van der Waals surface area contributed by atoms with Crippen LogP contribution in [-0.4, -0.2) is 37.2 Å². The molecule has 144 valence electrons. The molecule has 0 radical (unpaired) electrons. The van der Waals surface area contributed by atoms with Crippen LogP contribution in [0.1, 0.15) is 30.9 Å². The number of hydrogen-bond acceptors (Lipinski definition) is 4. The molecule has 1 N–H and O–H groups in total. The number of carbonyl (C=O) groups excluding carboxylic acids is 1. The highest BCUT2D eigenvalue weighted by molar-refractivity contribution is 5.94. The lowest BCUT2D eigenvalue weighted by atomic mass is 10.0. The third kappa shape index (κ3) is 5.74. The topological polar surface area (TPSA) is 76.1 Å². The highest BCUT2D eigenvalue weighted by atomic mass is 16.5. The van der Waals surface area contributed by atoms with Crippen LogP contribution in [0, 0.1) is 6.92 Å². The Labute approximate surface area is 159 Å². The van der Waals surface area contributed by atoms with Crippen molar-refractivity contribution in [2.45, 2.75) is 26.7 Å². The molecule has 0 saturated carbocycles. The van der Waals surface area contributed by atoms with Crippen LogP contribution in [0.5, 0.6) is 11.5 Å². The second-order valence-electron chi connectivity index (χ2n) is 6.61. The largest absolute Gasteiger partial charge is 0.483 e. The number of rotatable bonds is 8. The van der Waals surface area contributed by atoms with Crippen LogP contribution in [0.25, 0.3) is 0 Å². The molecule has 27 heavy (non-hydrogen) atoms. The van der Waals surface area contributed by atoms with Gasteiger partial charge in [-0.25, -0.2) is 4.79 Å². The number of amides is 1. The van der Waals surface area contributed by atoms with Gasteiger partial charge in [0, 0.05) is 12.7 Å². The Balaban J connectivity index is 2.00. The summed E-state index contributed by atoms with van der Waals surface area (Å²) in [5.41, 5.74) is 2.81. The number of hydrogen-bond donors (Lipinski definition) is 1. The smallest absolute Gasteiger partial charge is 0.341 e. The van der Waals surface area contributed by atoms with Crippen molar-refractivity contribution in [2.24, 2.45) is 0 Å². The van der Waals surface area contributed by atoms with Gasteiger partial charge in [0.1, 0.15) is 11.5 Å².